The van der Waals surface area contributed by atoms with Crippen LogP contribution in [0.2, 0.25) is 0 Å². The van der Waals surface area contributed by atoms with Gasteiger partial charge in [-0.05, 0) is 43.7 Å². The minimum Gasteiger partial charge on any atom is -0.489 e. The van der Waals surface area contributed by atoms with Crippen LogP contribution in [0.5, 0.6) is 5.75 Å². The smallest absolute Gasteiger partial charge is 0.193 e. The first-order chi connectivity index (χ1) is 11.6. The Balaban J connectivity index is 1.67. The number of carbonyl (C=O) groups excluding carboxylic acids is 1. The highest BCUT2D eigenvalue weighted by atomic mass is 16.5. The first-order valence-corrected chi connectivity index (χ1v) is 8.01. The van der Waals surface area contributed by atoms with E-state index < -0.39 is 0 Å². The Morgan fingerprint density at radius 2 is 1.38 bits per heavy atom. The van der Waals surface area contributed by atoms with Crippen LogP contribution in [0, 0.1) is 13.8 Å². The van der Waals surface area contributed by atoms with E-state index in [0.717, 1.165) is 11.3 Å². The minimum absolute atomic E-state index is 0.0245. The molecule has 3 rings (SSSR count). The van der Waals surface area contributed by atoms with Gasteiger partial charge in [0.1, 0.15) is 12.4 Å². The van der Waals surface area contributed by atoms with Gasteiger partial charge < -0.3 is 4.74 Å². The van der Waals surface area contributed by atoms with E-state index in [-0.39, 0.29) is 5.78 Å². The number of aryl methyl sites for hydroxylation is 2. The third-order valence-corrected chi connectivity index (χ3v) is 3.84. The van der Waals surface area contributed by atoms with Gasteiger partial charge in [-0.2, -0.15) is 0 Å². The van der Waals surface area contributed by atoms with Gasteiger partial charge in [0, 0.05) is 11.1 Å². The van der Waals surface area contributed by atoms with Gasteiger partial charge in [-0.15, -0.1) is 0 Å². The highest BCUT2D eigenvalue weighted by molar-refractivity contribution is 6.08. The maximum Gasteiger partial charge on any atom is 0.193 e. The number of ketones is 1. The number of hydrogen-bond acceptors (Lipinski definition) is 2. The van der Waals surface area contributed by atoms with Crippen LogP contribution in [0.4, 0.5) is 0 Å². The Labute approximate surface area is 142 Å². The van der Waals surface area contributed by atoms with Crippen molar-refractivity contribution < 1.29 is 9.53 Å². The summed E-state index contributed by atoms with van der Waals surface area (Å²) in [6.45, 7) is 4.69. The standard InChI is InChI=1S/C22H20O2/c1-16-12-17(2)14-18(13-16)15-24-21-10-8-20(9-11-21)22(23)19-6-4-3-5-7-19/h3-14H,15H2,1-2H3. The van der Waals surface area contributed by atoms with Gasteiger partial charge in [0.2, 0.25) is 0 Å². The molecule has 0 aliphatic rings. The summed E-state index contributed by atoms with van der Waals surface area (Å²) in [7, 11) is 0. The molecule has 3 aromatic carbocycles. The summed E-state index contributed by atoms with van der Waals surface area (Å²) in [4.78, 5) is 12.4. The molecule has 0 aromatic heterocycles. The summed E-state index contributed by atoms with van der Waals surface area (Å²) >= 11 is 0. The Morgan fingerprint density at radius 3 is 2.00 bits per heavy atom. The first-order valence-electron chi connectivity index (χ1n) is 8.01. The Morgan fingerprint density at radius 1 is 0.792 bits per heavy atom. The molecule has 0 saturated heterocycles. The fraction of sp³-hybridized carbons (Fsp3) is 0.136. The molecule has 0 unspecified atom stereocenters. The quantitative estimate of drug-likeness (QED) is 0.611. The van der Waals surface area contributed by atoms with E-state index in [1.807, 2.05) is 54.6 Å². The summed E-state index contributed by atoms with van der Waals surface area (Å²) in [5, 5.41) is 0. The molecule has 0 bridgehead atoms. The summed E-state index contributed by atoms with van der Waals surface area (Å²) in [6.07, 6.45) is 0. The van der Waals surface area contributed by atoms with E-state index in [4.69, 9.17) is 4.74 Å². The van der Waals surface area contributed by atoms with E-state index in [1.165, 1.54) is 11.1 Å². The monoisotopic (exact) mass is 316 g/mol. The van der Waals surface area contributed by atoms with Crippen LogP contribution in [-0.2, 0) is 6.61 Å². The molecule has 0 amide bonds. The summed E-state index contributed by atoms with van der Waals surface area (Å²) in [5.74, 6) is 0.787. The third kappa shape index (κ3) is 3.90. The van der Waals surface area contributed by atoms with E-state index >= 15 is 0 Å². The second-order valence-corrected chi connectivity index (χ2v) is 6.00. The zero-order valence-electron chi connectivity index (χ0n) is 14.0. The Kier molecular flexibility index (Phi) is 4.76. The molecular weight excluding hydrogens is 296 g/mol. The predicted molar refractivity (Wildman–Crippen MR) is 96.6 cm³/mol. The molecule has 3 aromatic rings. The van der Waals surface area contributed by atoms with Crippen molar-refractivity contribution >= 4 is 5.78 Å². The normalized spacial score (nSPS) is 10.4. The number of rotatable bonds is 5. The predicted octanol–water partition coefficient (Wildman–Crippen LogP) is 5.11. The van der Waals surface area contributed by atoms with Crippen LogP contribution in [0.25, 0.3) is 0 Å². The SMILES string of the molecule is Cc1cc(C)cc(COc2ccc(C(=O)c3ccccc3)cc2)c1. The molecule has 0 heterocycles. The highest BCUT2D eigenvalue weighted by Gasteiger charge is 2.08. The molecule has 0 spiro atoms. The maximum atomic E-state index is 12.4. The average Bonchev–Trinajstić information content (AvgIpc) is 2.60. The van der Waals surface area contributed by atoms with Crippen LogP contribution in [0.1, 0.15) is 32.6 Å². The van der Waals surface area contributed by atoms with Gasteiger partial charge in [0.05, 0.1) is 0 Å². The zero-order chi connectivity index (χ0) is 16.9. The fourth-order valence-electron chi connectivity index (χ4n) is 2.78. The van der Waals surface area contributed by atoms with Crippen molar-refractivity contribution in [2.75, 3.05) is 0 Å². The van der Waals surface area contributed by atoms with Crippen molar-refractivity contribution in [3.63, 3.8) is 0 Å². The first kappa shape index (κ1) is 16.0. The van der Waals surface area contributed by atoms with Crippen molar-refractivity contribution in [1.29, 1.82) is 0 Å². The van der Waals surface area contributed by atoms with Crippen molar-refractivity contribution in [2.24, 2.45) is 0 Å². The summed E-state index contributed by atoms with van der Waals surface area (Å²) in [5.41, 5.74) is 4.98. The number of carbonyl (C=O) groups is 1. The number of hydrogen-bond donors (Lipinski definition) is 0. The van der Waals surface area contributed by atoms with Crippen LogP contribution in [0.3, 0.4) is 0 Å². The molecule has 2 nitrogen and oxygen atoms in total. The van der Waals surface area contributed by atoms with Crippen molar-refractivity contribution in [2.45, 2.75) is 20.5 Å². The minimum atomic E-state index is 0.0245. The second-order valence-electron chi connectivity index (χ2n) is 6.00. The maximum absolute atomic E-state index is 12.4. The molecule has 120 valence electrons. The summed E-state index contributed by atoms with van der Waals surface area (Å²) < 4.78 is 5.83. The molecule has 0 atom stereocenters. The van der Waals surface area contributed by atoms with Gasteiger partial charge >= 0.3 is 0 Å². The number of ether oxygens (including phenoxy) is 1. The second kappa shape index (κ2) is 7.14. The lowest BCUT2D eigenvalue weighted by Gasteiger charge is -2.09. The molecule has 0 radical (unpaired) electrons. The van der Waals surface area contributed by atoms with Gasteiger partial charge in [-0.25, -0.2) is 0 Å². The Hall–Kier alpha value is -2.87. The van der Waals surface area contributed by atoms with Crippen LogP contribution in [-0.4, -0.2) is 5.78 Å². The van der Waals surface area contributed by atoms with E-state index in [0.29, 0.717) is 17.7 Å². The van der Waals surface area contributed by atoms with Crippen LogP contribution < -0.4 is 4.74 Å². The molecular formula is C22H20O2. The highest BCUT2D eigenvalue weighted by Crippen LogP contribution is 2.17. The van der Waals surface area contributed by atoms with Crippen molar-refractivity contribution in [1.82, 2.24) is 0 Å². The van der Waals surface area contributed by atoms with Crippen LogP contribution >= 0.6 is 0 Å². The molecule has 0 fully saturated rings. The fourth-order valence-corrected chi connectivity index (χ4v) is 2.78. The molecule has 0 saturated carbocycles. The van der Waals surface area contributed by atoms with Gasteiger partial charge in [-0.3, -0.25) is 4.79 Å². The third-order valence-electron chi connectivity index (χ3n) is 3.84. The lowest BCUT2D eigenvalue weighted by molar-refractivity contribution is 0.103. The summed E-state index contributed by atoms with van der Waals surface area (Å²) in [6, 6.07) is 23.0. The topological polar surface area (TPSA) is 26.3 Å². The Bertz CT molecular complexity index is 813. The molecule has 0 N–H and O–H groups in total. The van der Waals surface area contributed by atoms with Gasteiger partial charge in [0.25, 0.3) is 0 Å². The largest absolute Gasteiger partial charge is 0.489 e. The molecule has 0 aliphatic heterocycles. The van der Waals surface area contributed by atoms with E-state index in [9.17, 15) is 4.79 Å². The van der Waals surface area contributed by atoms with Crippen molar-refractivity contribution in [3.8, 4) is 5.75 Å². The van der Waals surface area contributed by atoms with E-state index in [2.05, 4.69) is 32.0 Å². The van der Waals surface area contributed by atoms with Gasteiger partial charge in [0.15, 0.2) is 5.78 Å². The van der Waals surface area contributed by atoms with Gasteiger partial charge in [-0.1, -0.05) is 59.7 Å². The van der Waals surface area contributed by atoms with Crippen LogP contribution in [0.15, 0.2) is 72.8 Å². The number of benzene rings is 3. The van der Waals surface area contributed by atoms with Crippen molar-refractivity contribution in [3.05, 3.63) is 101 Å². The lowest BCUT2D eigenvalue weighted by Crippen LogP contribution is -2.01. The molecule has 24 heavy (non-hydrogen) atoms. The molecule has 0 aliphatic carbocycles. The zero-order valence-corrected chi connectivity index (χ0v) is 14.0. The van der Waals surface area contributed by atoms with E-state index in [1.54, 1.807) is 0 Å². The molecule has 2 heteroatoms. The lowest BCUT2D eigenvalue weighted by atomic mass is 10.0. The average molecular weight is 316 g/mol.